The molecule has 0 aromatic rings. The van der Waals surface area contributed by atoms with Crippen LogP contribution < -0.4 is 0 Å². The highest BCUT2D eigenvalue weighted by molar-refractivity contribution is 5.85. The third-order valence-electron chi connectivity index (χ3n) is 3.46. The minimum atomic E-state index is -0.919. The molecular weight excluding hydrogens is 256 g/mol. The summed E-state index contributed by atoms with van der Waals surface area (Å²) in [6.07, 6.45) is 4.85. The molecule has 5 nitrogen and oxygen atoms in total. The normalized spacial score (nSPS) is 21.5. The molecule has 0 saturated carbocycles. The molecule has 0 aromatic heterocycles. The van der Waals surface area contributed by atoms with Gasteiger partial charge < -0.3 is 10.0 Å². The van der Waals surface area contributed by atoms with Gasteiger partial charge in [-0.2, -0.15) is 5.26 Å². The number of hydrogen-bond acceptors (Lipinski definition) is 3. The Kier molecular flexibility index (Phi) is 6.23. The van der Waals surface area contributed by atoms with Crippen LogP contribution in [-0.4, -0.2) is 35.0 Å². The summed E-state index contributed by atoms with van der Waals surface area (Å²) in [5, 5.41) is 17.9. The van der Waals surface area contributed by atoms with Crippen LogP contribution in [-0.2, 0) is 9.59 Å². The van der Waals surface area contributed by atoms with Crippen LogP contribution in [0.25, 0.3) is 0 Å². The molecule has 20 heavy (non-hydrogen) atoms. The van der Waals surface area contributed by atoms with Crippen molar-refractivity contribution < 1.29 is 14.7 Å². The maximum absolute atomic E-state index is 12.6. The number of carbonyl (C=O) groups is 2. The SMILES string of the molecule is CC(C)CN(CCC#N)C(=O)C1CC=CCC1C(=O)O. The first-order valence-corrected chi connectivity index (χ1v) is 7.01. The van der Waals surface area contributed by atoms with Crippen molar-refractivity contribution in [3.05, 3.63) is 12.2 Å². The summed E-state index contributed by atoms with van der Waals surface area (Å²) in [5.74, 6) is -1.91. The molecule has 0 radical (unpaired) electrons. The average molecular weight is 278 g/mol. The van der Waals surface area contributed by atoms with Crippen molar-refractivity contribution in [1.82, 2.24) is 4.90 Å². The van der Waals surface area contributed by atoms with Gasteiger partial charge in [0, 0.05) is 13.1 Å². The van der Waals surface area contributed by atoms with E-state index >= 15 is 0 Å². The lowest BCUT2D eigenvalue weighted by Gasteiger charge is -2.31. The molecule has 1 aliphatic carbocycles. The third-order valence-corrected chi connectivity index (χ3v) is 3.46. The zero-order valence-corrected chi connectivity index (χ0v) is 12.1. The average Bonchev–Trinajstić information content (AvgIpc) is 2.42. The third kappa shape index (κ3) is 4.37. The predicted molar refractivity (Wildman–Crippen MR) is 74.6 cm³/mol. The number of aliphatic carboxylic acids is 1. The quantitative estimate of drug-likeness (QED) is 0.754. The van der Waals surface area contributed by atoms with Gasteiger partial charge in [0.05, 0.1) is 24.3 Å². The Labute approximate surface area is 119 Å². The van der Waals surface area contributed by atoms with Crippen LogP contribution in [0.3, 0.4) is 0 Å². The van der Waals surface area contributed by atoms with E-state index in [4.69, 9.17) is 5.26 Å². The molecule has 1 aliphatic rings. The van der Waals surface area contributed by atoms with Gasteiger partial charge in [-0.05, 0) is 18.8 Å². The molecule has 0 saturated heterocycles. The number of amides is 1. The van der Waals surface area contributed by atoms with Gasteiger partial charge in [0.15, 0.2) is 0 Å². The standard InChI is InChI=1S/C15H22N2O3/c1-11(2)10-17(9-5-8-16)14(18)12-6-3-4-7-13(12)15(19)20/h3-4,11-13H,5-7,9-10H2,1-2H3,(H,19,20). The Bertz CT molecular complexity index is 423. The second-order valence-corrected chi connectivity index (χ2v) is 5.58. The van der Waals surface area contributed by atoms with Crippen molar-refractivity contribution in [1.29, 1.82) is 5.26 Å². The summed E-state index contributed by atoms with van der Waals surface area (Å²) < 4.78 is 0. The Balaban J connectivity index is 2.83. The Morgan fingerprint density at radius 1 is 1.35 bits per heavy atom. The van der Waals surface area contributed by atoms with Gasteiger partial charge in [-0.25, -0.2) is 0 Å². The van der Waals surface area contributed by atoms with Crippen LogP contribution in [0.5, 0.6) is 0 Å². The van der Waals surface area contributed by atoms with E-state index in [9.17, 15) is 14.7 Å². The van der Waals surface area contributed by atoms with Gasteiger partial charge >= 0.3 is 5.97 Å². The summed E-state index contributed by atoms with van der Waals surface area (Å²) in [6, 6.07) is 2.04. The van der Waals surface area contributed by atoms with Crippen molar-refractivity contribution in [2.45, 2.75) is 33.1 Å². The van der Waals surface area contributed by atoms with Crippen LogP contribution in [0, 0.1) is 29.1 Å². The van der Waals surface area contributed by atoms with E-state index in [0.29, 0.717) is 31.8 Å². The van der Waals surface area contributed by atoms with E-state index < -0.39 is 17.8 Å². The number of allylic oxidation sites excluding steroid dienone is 2. The lowest BCUT2D eigenvalue weighted by Crippen LogP contribution is -2.43. The van der Waals surface area contributed by atoms with Gasteiger partial charge in [-0.15, -0.1) is 0 Å². The molecular formula is C15H22N2O3. The predicted octanol–water partition coefficient (Wildman–Crippen LogP) is 2.05. The molecule has 0 fully saturated rings. The van der Waals surface area contributed by atoms with Gasteiger partial charge in [0.25, 0.3) is 0 Å². The first-order valence-electron chi connectivity index (χ1n) is 7.01. The van der Waals surface area contributed by atoms with Crippen LogP contribution in [0.2, 0.25) is 0 Å². The van der Waals surface area contributed by atoms with E-state index in [1.54, 1.807) is 4.90 Å². The summed E-state index contributed by atoms with van der Waals surface area (Å²) in [7, 11) is 0. The summed E-state index contributed by atoms with van der Waals surface area (Å²) in [6.45, 7) is 4.94. The number of nitriles is 1. The number of nitrogens with zero attached hydrogens (tertiary/aromatic N) is 2. The smallest absolute Gasteiger partial charge is 0.307 e. The molecule has 0 aliphatic heterocycles. The zero-order valence-electron chi connectivity index (χ0n) is 12.1. The molecule has 5 heteroatoms. The number of carboxylic acid groups (broad SMARTS) is 1. The van der Waals surface area contributed by atoms with Gasteiger partial charge in [-0.1, -0.05) is 26.0 Å². The lowest BCUT2D eigenvalue weighted by atomic mass is 9.82. The van der Waals surface area contributed by atoms with Gasteiger partial charge in [0.1, 0.15) is 0 Å². The first-order chi connectivity index (χ1) is 9.47. The molecule has 0 spiro atoms. The topological polar surface area (TPSA) is 81.4 Å². The van der Waals surface area contributed by atoms with Crippen molar-refractivity contribution >= 4 is 11.9 Å². The minimum Gasteiger partial charge on any atom is -0.481 e. The summed E-state index contributed by atoms with van der Waals surface area (Å²) in [5.41, 5.74) is 0. The number of hydrogen-bond donors (Lipinski definition) is 1. The van der Waals surface area contributed by atoms with Gasteiger partial charge in [0.2, 0.25) is 5.91 Å². The van der Waals surface area contributed by atoms with Crippen molar-refractivity contribution in [3.63, 3.8) is 0 Å². The number of carboxylic acids is 1. The maximum Gasteiger partial charge on any atom is 0.307 e. The van der Waals surface area contributed by atoms with Crippen LogP contribution in [0.15, 0.2) is 12.2 Å². The molecule has 1 N–H and O–H groups in total. The van der Waals surface area contributed by atoms with Crippen LogP contribution in [0.1, 0.15) is 33.1 Å². The lowest BCUT2D eigenvalue weighted by molar-refractivity contribution is -0.150. The molecule has 1 amide bonds. The van der Waals surface area contributed by atoms with E-state index in [-0.39, 0.29) is 12.3 Å². The first kappa shape index (κ1) is 16.2. The van der Waals surface area contributed by atoms with Crippen LogP contribution >= 0.6 is 0 Å². The van der Waals surface area contributed by atoms with E-state index in [1.165, 1.54) is 0 Å². The number of carbonyl (C=O) groups excluding carboxylic acids is 1. The monoisotopic (exact) mass is 278 g/mol. The number of rotatable bonds is 6. The zero-order chi connectivity index (χ0) is 15.1. The van der Waals surface area contributed by atoms with E-state index in [1.807, 2.05) is 32.1 Å². The summed E-state index contributed by atoms with van der Waals surface area (Å²) >= 11 is 0. The Morgan fingerprint density at radius 2 is 1.95 bits per heavy atom. The van der Waals surface area contributed by atoms with Crippen LogP contribution in [0.4, 0.5) is 0 Å². The second-order valence-electron chi connectivity index (χ2n) is 5.58. The highest BCUT2D eigenvalue weighted by atomic mass is 16.4. The largest absolute Gasteiger partial charge is 0.481 e. The van der Waals surface area contributed by atoms with Crippen molar-refractivity contribution in [2.75, 3.05) is 13.1 Å². The fourth-order valence-corrected chi connectivity index (χ4v) is 2.51. The summed E-state index contributed by atoms with van der Waals surface area (Å²) in [4.78, 5) is 25.5. The van der Waals surface area contributed by atoms with Gasteiger partial charge in [-0.3, -0.25) is 9.59 Å². The fraction of sp³-hybridized carbons (Fsp3) is 0.667. The Morgan fingerprint density at radius 3 is 2.45 bits per heavy atom. The molecule has 2 unspecified atom stereocenters. The Hall–Kier alpha value is -1.83. The van der Waals surface area contributed by atoms with E-state index in [2.05, 4.69) is 0 Å². The highest BCUT2D eigenvalue weighted by Gasteiger charge is 2.36. The fourth-order valence-electron chi connectivity index (χ4n) is 2.51. The molecule has 0 aromatic carbocycles. The maximum atomic E-state index is 12.6. The van der Waals surface area contributed by atoms with Crippen molar-refractivity contribution in [3.8, 4) is 6.07 Å². The molecule has 0 heterocycles. The van der Waals surface area contributed by atoms with Crippen molar-refractivity contribution in [2.24, 2.45) is 17.8 Å². The highest BCUT2D eigenvalue weighted by Crippen LogP contribution is 2.28. The minimum absolute atomic E-state index is 0.134. The molecule has 0 bridgehead atoms. The molecule has 2 atom stereocenters. The second kappa shape index (κ2) is 7.68. The molecule has 110 valence electrons. The van der Waals surface area contributed by atoms with E-state index in [0.717, 1.165) is 0 Å². The molecule has 1 rings (SSSR count).